The Kier molecular flexibility index (Phi) is 4.27. The summed E-state index contributed by atoms with van der Waals surface area (Å²) in [7, 11) is -3.68. The molecule has 0 saturated heterocycles. The molecule has 3 aromatic rings. The van der Waals surface area contributed by atoms with Crippen molar-refractivity contribution < 1.29 is 18.4 Å². The molecule has 0 saturated carbocycles. The lowest BCUT2D eigenvalue weighted by Crippen LogP contribution is -2.16. The Morgan fingerprint density at radius 3 is 2.46 bits per heavy atom. The number of fused-ring (bicyclic) bond motifs is 1. The molecule has 2 aromatic carbocycles. The predicted molar refractivity (Wildman–Crippen MR) is 93.1 cm³/mol. The molecule has 6 nitrogen and oxygen atoms in total. The van der Waals surface area contributed by atoms with Gasteiger partial charge in [-0.25, -0.2) is 13.9 Å². The molecule has 0 spiro atoms. The second-order valence-corrected chi connectivity index (χ2v) is 7.99. The number of hydrogen-bond donors (Lipinski definition) is 3. The number of aryl methyl sites for hydroxylation is 1. The predicted octanol–water partition coefficient (Wildman–Crippen LogP) is 3.13. The van der Waals surface area contributed by atoms with Crippen molar-refractivity contribution in [1.29, 1.82) is 0 Å². The molecule has 3 N–H and O–H groups in total. The van der Waals surface area contributed by atoms with Crippen LogP contribution < -0.4 is 10.2 Å². The van der Waals surface area contributed by atoms with Gasteiger partial charge in [-0.1, -0.05) is 23.8 Å². The number of sulfonamides is 1. The van der Waals surface area contributed by atoms with Crippen LogP contribution in [0.25, 0.3) is 10.1 Å². The van der Waals surface area contributed by atoms with Crippen molar-refractivity contribution in [3.63, 3.8) is 0 Å². The van der Waals surface area contributed by atoms with E-state index in [0.29, 0.717) is 10.6 Å². The second kappa shape index (κ2) is 6.23. The Morgan fingerprint density at radius 1 is 1.08 bits per heavy atom. The van der Waals surface area contributed by atoms with Gasteiger partial charge < -0.3 is 0 Å². The maximum Gasteiger partial charge on any atom is 0.284 e. The summed E-state index contributed by atoms with van der Waals surface area (Å²) >= 11 is 1.16. The Balaban J connectivity index is 1.92. The molecule has 3 rings (SSSR count). The fourth-order valence-corrected chi connectivity index (χ4v) is 4.23. The standard InChI is InChI=1S/C16H14N2O4S2/c1-10-2-6-13(7-3-10)24(21,22)18-12-5-4-11-8-15(16(19)17-20)23-14(11)9-12/h2-9,18,20H,1H3,(H,17,19). The summed E-state index contributed by atoms with van der Waals surface area (Å²) in [6.07, 6.45) is 0. The summed E-state index contributed by atoms with van der Waals surface area (Å²) in [5, 5.41) is 9.47. The van der Waals surface area contributed by atoms with Crippen molar-refractivity contribution in [2.45, 2.75) is 11.8 Å². The number of hydroxylamine groups is 1. The summed E-state index contributed by atoms with van der Waals surface area (Å²) in [6, 6.07) is 13.2. The zero-order valence-electron chi connectivity index (χ0n) is 12.6. The van der Waals surface area contributed by atoms with Crippen LogP contribution in [-0.4, -0.2) is 19.5 Å². The van der Waals surface area contributed by atoms with Crippen LogP contribution in [0.15, 0.2) is 53.4 Å². The van der Waals surface area contributed by atoms with E-state index in [-0.39, 0.29) is 4.90 Å². The number of rotatable bonds is 4. The summed E-state index contributed by atoms with van der Waals surface area (Å²) < 4.78 is 28.1. The van der Waals surface area contributed by atoms with Crippen molar-refractivity contribution in [2.24, 2.45) is 0 Å². The van der Waals surface area contributed by atoms with Crippen LogP contribution in [0.3, 0.4) is 0 Å². The van der Waals surface area contributed by atoms with Crippen molar-refractivity contribution in [2.75, 3.05) is 4.72 Å². The maximum absolute atomic E-state index is 12.4. The summed E-state index contributed by atoms with van der Waals surface area (Å²) in [4.78, 5) is 12.0. The van der Waals surface area contributed by atoms with Crippen molar-refractivity contribution in [3.8, 4) is 0 Å². The fourth-order valence-electron chi connectivity index (χ4n) is 2.19. The van der Waals surface area contributed by atoms with Gasteiger partial charge in [0.2, 0.25) is 0 Å². The third-order valence-corrected chi connectivity index (χ3v) is 5.92. The Hall–Kier alpha value is -2.42. The zero-order chi connectivity index (χ0) is 17.3. The molecule has 0 unspecified atom stereocenters. The first-order chi connectivity index (χ1) is 11.4. The molecule has 0 radical (unpaired) electrons. The second-order valence-electron chi connectivity index (χ2n) is 5.22. The number of hydrogen-bond acceptors (Lipinski definition) is 5. The Labute approximate surface area is 142 Å². The van der Waals surface area contributed by atoms with E-state index in [1.54, 1.807) is 54.0 Å². The number of amides is 1. The topological polar surface area (TPSA) is 95.5 Å². The van der Waals surface area contributed by atoms with Gasteiger partial charge >= 0.3 is 0 Å². The molecule has 8 heteroatoms. The minimum atomic E-state index is -3.68. The normalized spacial score (nSPS) is 11.4. The minimum Gasteiger partial charge on any atom is -0.288 e. The highest BCUT2D eigenvalue weighted by atomic mass is 32.2. The monoisotopic (exact) mass is 362 g/mol. The quantitative estimate of drug-likeness (QED) is 0.491. The third kappa shape index (κ3) is 3.25. The zero-order valence-corrected chi connectivity index (χ0v) is 14.2. The van der Waals surface area contributed by atoms with E-state index < -0.39 is 15.9 Å². The third-order valence-electron chi connectivity index (χ3n) is 3.43. The first-order valence-electron chi connectivity index (χ1n) is 6.96. The molecule has 0 fully saturated rings. The van der Waals surface area contributed by atoms with E-state index >= 15 is 0 Å². The average Bonchev–Trinajstić information content (AvgIpc) is 2.97. The molecule has 0 aliphatic rings. The maximum atomic E-state index is 12.4. The molecule has 1 aromatic heterocycles. The number of carbonyl (C=O) groups is 1. The summed E-state index contributed by atoms with van der Waals surface area (Å²) in [6.45, 7) is 1.88. The molecular weight excluding hydrogens is 348 g/mol. The van der Waals surface area contributed by atoms with Crippen LogP contribution in [0.1, 0.15) is 15.2 Å². The molecule has 1 heterocycles. The molecule has 0 atom stereocenters. The highest BCUT2D eigenvalue weighted by Crippen LogP contribution is 2.29. The molecule has 124 valence electrons. The van der Waals surface area contributed by atoms with Crippen molar-refractivity contribution >= 4 is 43.0 Å². The van der Waals surface area contributed by atoms with Gasteiger partial charge in [-0.2, -0.15) is 0 Å². The van der Waals surface area contributed by atoms with Crippen LogP contribution in [0.2, 0.25) is 0 Å². The number of thiophene rings is 1. The average molecular weight is 362 g/mol. The molecule has 24 heavy (non-hydrogen) atoms. The van der Waals surface area contributed by atoms with E-state index in [0.717, 1.165) is 27.0 Å². The Morgan fingerprint density at radius 2 is 1.79 bits per heavy atom. The van der Waals surface area contributed by atoms with Crippen LogP contribution in [0.4, 0.5) is 5.69 Å². The number of benzene rings is 2. The van der Waals surface area contributed by atoms with Crippen LogP contribution in [0, 0.1) is 6.92 Å². The van der Waals surface area contributed by atoms with Crippen LogP contribution >= 0.6 is 11.3 Å². The molecule has 0 aliphatic carbocycles. The van der Waals surface area contributed by atoms with Crippen molar-refractivity contribution in [3.05, 3.63) is 59.0 Å². The number of anilines is 1. The molecular formula is C16H14N2O4S2. The molecule has 0 bridgehead atoms. The van der Waals surface area contributed by atoms with Gasteiger partial charge in [0.1, 0.15) is 0 Å². The summed E-state index contributed by atoms with van der Waals surface area (Å²) in [5.74, 6) is -0.599. The van der Waals surface area contributed by atoms with E-state index in [1.165, 1.54) is 0 Å². The highest BCUT2D eigenvalue weighted by Gasteiger charge is 2.15. The first-order valence-corrected chi connectivity index (χ1v) is 9.26. The van der Waals surface area contributed by atoms with E-state index in [4.69, 9.17) is 5.21 Å². The van der Waals surface area contributed by atoms with Gasteiger partial charge in [0.15, 0.2) is 0 Å². The van der Waals surface area contributed by atoms with Crippen LogP contribution in [-0.2, 0) is 10.0 Å². The SMILES string of the molecule is Cc1ccc(S(=O)(=O)Nc2ccc3cc(C(=O)NO)sc3c2)cc1. The fraction of sp³-hybridized carbons (Fsp3) is 0.0625. The number of nitrogens with one attached hydrogen (secondary N) is 2. The van der Waals surface area contributed by atoms with E-state index in [2.05, 4.69) is 4.72 Å². The molecule has 1 amide bonds. The minimum absolute atomic E-state index is 0.180. The lowest BCUT2D eigenvalue weighted by molar-refractivity contribution is 0.0711. The highest BCUT2D eigenvalue weighted by molar-refractivity contribution is 7.92. The number of carbonyl (C=O) groups excluding carboxylic acids is 1. The Bertz CT molecular complexity index is 1010. The first kappa shape index (κ1) is 16.4. The smallest absolute Gasteiger partial charge is 0.284 e. The van der Waals surface area contributed by atoms with Crippen LogP contribution in [0.5, 0.6) is 0 Å². The summed E-state index contributed by atoms with van der Waals surface area (Å²) in [5.41, 5.74) is 2.96. The van der Waals surface area contributed by atoms with E-state index in [9.17, 15) is 13.2 Å². The largest absolute Gasteiger partial charge is 0.288 e. The van der Waals surface area contributed by atoms with Gasteiger partial charge in [0, 0.05) is 4.70 Å². The van der Waals surface area contributed by atoms with E-state index in [1.807, 2.05) is 6.92 Å². The van der Waals surface area contributed by atoms with Gasteiger partial charge in [0.25, 0.3) is 15.9 Å². The van der Waals surface area contributed by atoms with Gasteiger partial charge in [-0.15, -0.1) is 11.3 Å². The lowest BCUT2D eigenvalue weighted by atomic mass is 10.2. The lowest BCUT2D eigenvalue weighted by Gasteiger charge is -2.08. The molecule has 0 aliphatic heterocycles. The van der Waals surface area contributed by atoms with Gasteiger partial charge in [-0.3, -0.25) is 14.7 Å². The van der Waals surface area contributed by atoms with Crippen molar-refractivity contribution in [1.82, 2.24) is 5.48 Å². The van der Waals surface area contributed by atoms with Gasteiger partial charge in [-0.05, 0) is 42.6 Å². The van der Waals surface area contributed by atoms with Gasteiger partial charge in [0.05, 0.1) is 15.5 Å².